The summed E-state index contributed by atoms with van der Waals surface area (Å²) in [6, 6.07) is 7.45. The first-order valence-electron chi connectivity index (χ1n) is 6.67. The number of benzene rings is 1. The van der Waals surface area contributed by atoms with E-state index in [9.17, 15) is 9.59 Å². The van der Waals surface area contributed by atoms with Crippen molar-refractivity contribution in [1.82, 2.24) is 20.6 Å². The molecule has 2 N–H and O–H groups in total. The minimum Gasteiger partial charge on any atom is -0.351 e. The second kappa shape index (κ2) is 5.70. The van der Waals surface area contributed by atoms with Gasteiger partial charge in [-0.1, -0.05) is 18.2 Å². The lowest BCUT2D eigenvalue weighted by molar-refractivity contribution is 0.0934. The first kappa shape index (κ1) is 13.2. The van der Waals surface area contributed by atoms with Crippen LogP contribution in [0.5, 0.6) is 0 Å². The van der Waals surface area contributed by atoms with Gasteiger partial charge in [0, 0.05) is 37.0 Å². The minimum absolute atomic E-state index is 0.0551. The van der Waals surface area contributed by atoms with Gasteiger partial charge in [-0.05, 0) is 11.6 Å². The Morgan fingerprint density at radius 1 is 1.33 bits per heavy atom. The number of carbonyl (C=O) groups excluding carboxylic acids is 2. The molecule has 2 aromatic rings. The molecule has 0 aliphatic carbocycles. The molecule has 2 amide bonds. The predicted octanol–water partition coefficient (Wildman–Crippen LogP) is 0.734. The molecule has 3 rings (SSSR count). The van der Waals surface area contributed by atoms with Crippen molar-refractivity contribution in [2.24, 2.45) is 0 Å². The normalized spacial score (nSPS) is 16.8. The number of fused-ring (bicyclic) bond motifs is 1. The van der Waals surface area contributed by atoms with Gasteiger partial charge in [0.05, 0.1) is 6.20 Å². The molecule has 6 heteroatoms. The predicted molar refractivity (Wildman–Crippen MR) is 75.9 cm³/mol. The summed E-state index contributed by atoms with van der Waals surface area (Å²) in [5.41, 5.74) is 1.91. The van der Waals surface area contributed by atoms with Crippen molar-refractivity contribution in [2.75, 3.05) is 13.1 Å². The number of nitrogens with zero attached hydrogens (tertiary/aromatic N) is 2. The molecule has 0 saturated heterocycles. The van der Waals surface area contributed by atoms with E-state index >= 15 is 0 Å². The van der Waals surface area contributed by atoms with Crippen LogP contribution in [-0.4, -0.2) is 34.9 Å². The largest absolute Gasteiger partial charge is 0.351 e. The molecule has 0 saturated carbocycles. The van der Waals surface area contributed by atoms with Gasteiger partial charge in [0.25, 0.3) is 11.8 Å². The minimum atomic E-state index is -0.266. The molecular weight excluding hydrogens is 268 g/mol. The molecule has 1 aromatic heterocycles. The van der Waals surface area contributed by atoms with Crippen LogP contribution in [0.3, 0.4) is 0 Å². The molecule has 21 heavy (non-hydrogen) atoms. The Bertz CT molecular complexity index is 672. The van der Waals surface area contributed by atoms with Crippen LogP contribution < -0.4 is 10.6 Å². The molecule has 1 aliphatic rings. The van der Waals surface area contributed by atoms with Crippen molar-refractivity contribution in [2.45, 2.75) is 5.92 Å². The third-order valence-electron chi connectivity index (χ3n) is 3.46. The highest BCUT2D eigenvalue weighted by atomic mass is 16.2. The second-order valence-electron chi connectivity index (χ2n) is 4.79. The fourth-order valence-electron chi connectivity index (χ4n) is 2.39. The molecule has 0 spiro atoms. The molecule has 6 nitrogen and oxygen atoms in total. The summed E-state index contributed by atoms with van der Waals surface area (Å²) in [5, 5.41) is 5.67. The zero-order valence-corrected chi connectivity index (χ0v) is 11.2. The van der Waals surface area contributed by atoms with E-state index in [1.807, 2.05) is 18.2 Å². The summed E-state index contributed by atoms with van der Waals surface area (Å²) in [4.78, 5) is 31.6. The lowest BCUT2D eigenvalue weighted by atomic mass is 9.90. The van der Waals surface area contributed by atoms with E-state index in [1.54, 1.807) is 6.07 Å². The number of rotatable bonds is 3. The zero-order chi connectivity index (χ0) is 14.7. The fraction of sp³-hybridized carbons (Fsp3) is 0.200. The Morgan fingerprint density at radius 3 is 3.00 bits per heavy atom. The number of aromatic nitrogens is 2. The quantitative estimate of drug-likeness (QED) is 0.869. The van der Waals surface area contributed by atoms with E-state index in [-0.39, 0.29) is 23.4 Å². The molecule has 0 fully saturated rings. The van der Waals surface area contributed by atoms with Crippen LogP contribution in [0.1, 0.15) is 32.3 Å². The zero-order valence-electron chi connectivity index (χ0n) is 11.2. The topological polar surface area (TPSA) is 84.0 Å². The highest BCUT2D eigenvalue weighted by Crippen LogP contribution is 2.23. The van der Waals surface area contributed by atoms with Gasteiger partial charge in [-0.2, -0.15) is 0 Å². The number of hydrogen-bond acceptors (Lipinski definition) is 4. The fourth-order valence-corrected chi connectivity index (χ4v) is 2.39. The highest BCUT2D eigenvalue weighted by molar-refractivity contribution is 5.97. The Hall–Kier alpha value is -2.76. The van der Waals surface area contributed by atoms with Crippen LogP contribution in [0.25, 0.3) is 0 Å². The maximum absolute atomic E-state index is 12.0. The molecule has 1 unspecified atom stereocenters. The van der Waals surface area contributed by atoms with E-state index in [0.717, 1.165) is 5.56 Å². The van der Waals surface area contributed by atoms with Crippen LogP contribution in [0.15, 0.2) is 42.9 Å². The molecule has 106 valence electrons. The van der Waals surface area contributed by atoms with Gasteiger partial charge in [-0.15, -0.1) is 0 Å². The summed E-state index contributed by atoms with van der Waals surface area (Å²) in [5.74, 6) is -0.279. The molecule has 1 atom stereocenters. The Kier molecular flexibility index (Phi) is 3.59. The monoisotopic (exact) mass is 282 g/mol. The summed E-state index contributed by atoms with van der Waals surface area (Å²) in [7, 11) is 0. The van der Waals surface area contributed by atoms with E-state index in [0.29, 0.717) is 18.7 Å². The van der Waals surface area contributed by atoms with Gasteiger partial charge in [0.1, 0.15) is 5.69 Å². The van der Waals surface area contributed by atoms with Gasteiger partial charge in [-0.25, -0.2) is 4.98 Å². The number of carbonyl (C=O) groups is 2. The van der Waals surface area contributed by atoms with Crippen LogP contribution in [0.2, 0.25) is 0 Å². The summed E-state index contributed by atoms with van der Waals surface area (Å²) >= 11 is 0. The van der Waals surface area contributed by atoms with E-state index in [1.165, 1.54) is 18.6 Å². The van der Waals surface area contributed by atoms with Crippen molar-refractivity contribution < 1.29 is 9.59 Å². The smallest absolute Gasteiger partial charge is 0.271 e. The van der Waals surface area contributed by atoms with E-state index in [2.05, 4.69) is 20.6 Å². The van der Waals surface area contributed by atoms with Crippen molar-refractivity contribution in [3.05, 3.63) is 59.7 Å². The summed E-state index contributed by atoms with van der Waals surface area (Å²) < 4.78 is 0. The maximum Gasteiger partial charge on any atom is 0.271 e. The van der Waals surface area contributed by atoms with Gasteiger partial charge >= 0.3 is 0 Å². The average molecular weight is 282 g/mol. The highest BCUT2D eigenvalue weighted by Gasteiger charge is 2.25. The maximum atomic E-state index is 12.0. The van der Waals surface area contributed by atoms with Crippen LogP contribution in [0.4, 0.5) is 0 Å². The molecular formula is C15H14N4O2. The summed E-state index contributed by atoms with van der Waals surface area (Å²) in [6.45, 7) is 0.948. The summed E-state index contributed by atoms with van der Waals surface area (Å²) in [6.07, 6.45) is 4.42. The molecule has 0 bridgehead atoms. The third kappa shape index (κ3) is 2.74. The van der Waals surface area contributed by atoms with Crippen LogP contribution in [-0.2, 0) is 0 Å². The Morgan fingerprint density at radius 2 is 2.19 bits per heavy atom. The van der Waals surface area contributed by atoms with Gasteiger partial charge < -0.3 is 10.6 Å². The van der Waals surface area contributed by atoms with Crippen molar-refractivity contribution in [1.29, 1.82) is 0 Å². The molecule has 1 aliphatic heterocycles. The van der Waals surface area contributed by atoms with Gasteiger partial charge in [0.15, 0.2) is 0 Å². The van der Waals surface area contributed by atoms with Crippen molar-refractivity contribution in [3.8, 4) is 0 Å². The third-order valence-corrected chi connectivity index (χ3v) is 3.46. The second-order valence-corrected chi connectivity index (χ2v) is 4.79. The number of amides is 2. The first-order chi connectivity index (χ1) is 10.3. The standard InChI is InChI=1S/C15H14N4O2/c20-14-12-4-2-1-3-11(12)10(7-18-14)8-19-15(21)13-9-16-5-6-17-13/h1-6,9-10H,7-8H2,(H,18,20)(H,19,21). The van der Waals surface area contributed by atoms with Gasteiger partial charge in [0.2, 0.25) is 0 Å². The molecule has 0 radical (unpaired) electrons. The SMILES string of the molecule is O=C(NCC1CNC(=O)c2ccccc21)c1cnccn1. The number of hydrogen-bond donors (Lipinski definition) is 2. The molecule has 2 heterocycles. The van der Waals surface area contributed by atoms with E-state index in [4.69, 9.17) is 0 Å². The van der Waals surface area contributed by atoms with Crippen LogP contribution >= 0.6 is 0 Å². The van der Waals surface area contributed by atoms with Gasteiger partial charge in [-0.3, -0.25) is 14.6 Å². The van der Waals surface area contributed by atoms with E-state index < -0.39 is 0 Å². The molecule has 1 aromatic carbocycles. The average Bonchev–Trinajstić information content (AvgIpc) is 2.55. The van der Waals surface area contributed by atoms with Crippen molar-refractivity contribution in [3.63, 3.8) is 0 Å². The lowest BCUT2D eigenvalue weighted by Crippen LogP contribution is -2.40. The first-order valence-corrected chi connectivity index (χ1v) is 6.67. The number of nitrogens with one attached hydrogen (secondary N) is 2. The van der Waals surface area contributed by atoms with Crippen molar-refractivity contribution >= 4 is 11.8 Å². The Labute approximate surface area is 121 Å². The van der Waals surface area contributed by atoms with Crippen LogP contribution in [0, 0.1) is 0 Å². The lowest BCUT2D eigenvalue weighted by Gasteiger charge is -2.25. The Balaban J connectivity index is 1.71.